The standard InChI is InChI=1S/C74H129NO8/c1-6-8-10-12-14-16-18-20-22-24-26-28-30-31-32-33-34-35-36-37-38-39-40-41-43-45-47-49-51-53-55-57-59-61-63-65-72(77)83-70(69-82-74(73(78)79)80-67-66-75(3,4)5)68-81-71(76)64-62-60-58-56-54-52-50-48-46-44-42-29-27-25-23-21-19-17-15-13-11-9-7-2/h8,10,14,16,19-22,25-28,31-32,34-35,70,74H,6-7,9,11-13,15,17-18,23-24,29-30,33,36-69H2,1-5H3/b10-8-,16-14-,21-19-,22-20-,27-25-,28-26-,32-31-,35-34-. The van der Waals surface area contributed by atoms with E-state index in [1.165, 1.54) is 180 Å². The molecule has 0 rings (SSSR count). The van der Waals surface area contributed by atoms with Gasteiger partial charge in [0.25, 0.3) is 0 Å². The molecule has 478 valence electrons. The summed E-state index contributed by atoms with van der Waals surface area (Å²) in [6, 6.07) is 0. The molecule has 0 saturated heterocycles. The molecule has 0 fully saturated rings. The van der Waals surface area contributed by atoms with Crippen molar-refractivity contribution < 1.29 is 42.9 Å². The van der Waals surface area contributed by atoms with Gasteiger partial charge in [0.15, 0.2) is 12.4 Å². The lowest BCUT2D eigenvalue weighted by molar-refractivity contribution is -0.870. The SMILES string of the molecule is CC/C=C\C/C=C\C/C=C\C/C=C\C/C=C\C/C=C\CCCCCCCCCCCCCCCCCCC(=O)OC(COC(=O)CCCCCCCCCCCCC/C=C\C/C=C\CCCCCCC)COC(OCC[N+](C)(C)C)C(=O)[O-]. The number of likely N-dealkylation sites (N-methyl/N-ethyl adjacent to an activating group) is 1. The van der Waals surface area contributed by atoms with Crippen LogP contribution in [0.3, 0.4) is 0 Å². The molecular weight excluding hydrogens is 1030 g/mol. The fourth-order valence-corrected chi connectivity index (χ4v) is 9.57. The third-order valence-electron chi connectivity index (χ3n) is 14.8. The molecule has 0 aliphatic heterocycles. The van der Waals surface area contributed by atoms with Gasteiger partial charge in [-0.25, -0.2) is 0 Å². The Balaban J connectivity index is 4.11. The fourth-order valence-electron chi connectivity index (χ4n) is 9.57. The van der Waals surface area contributed by atoms with Gasteiger partial charge in [0.2, 0.25) is 0 Å². The Morgan fingerprint density at radius 3 is 1.02 bits per heavy atom. The molecule has 0 bridgehead atoms. The zero-order valence-electron chi connectivity index (χ0n) is 54.5. The van der Waals surface area contributed by atoms with Crippen LogP contribution in [-0.4, -0.2) is 82.3 Å². The number of unbranched alkanes of at least 4 members (excludes halogenated alkanes) is 32. The second-order valence-electron chi connectivity index (χ2n) is 24.1. The number of carbonyl (C=O) groups is 3. The summed E-state index contributed by atoms with van der Waals surface area (Å²) >= 11 is 0. The molecule has 0 saturated carbocycles. The Bertz CT molecular complexity index is 1680. The van der Waals surface area contributed by atoms with Crippen molar-refractivity contribution in [3.63, 3.8) is 0 Å². The van der Waals surface area contributed by atoms with Crippen LogP contribution in [0, 0.1) is 0 Å². The molecule has 0 aliphatic carbocycles. The number of hydrogen-bond donors (Lipinski definition) is 0. The van der Waals surface area contributed by atoms with Gasteiger partial charge < -0.3 is 33.3 Å². The number of carbonyl (C=O) groups excluding carboxylic acids is 3. The van der Waals surface area contributed by atoms with Gasteiger partial charge in [0.05, 0.1) is 40.3 Å². The number of rotatable bonds is 63. The number of allylic oxidation sites excluding steroid dienone is 16. The molecule has 0 heterocycles. The molecule has 0 aromatic heterocycles. The van der Waals surface area contributed by atoms with Gasteiger partial charge in [-0.1, -0.05) is 284 Å². The van der Waals surface area contributed by atoms with Crippen LogP contribution in [0.1, 0.15) is 296 Å². The molecule has 0 spiro atoms. The van der Waals surface area contributed by atoms with Crippen LogP contribution >= 0.6 is 0 Å². The quantitative estimate of drug-likeness (QED) is 0.0195. The number of quaternary nitrogens is 1. The van der Waals surface area contributed by atoms with Crippen LogP contribution in [0.15, 0.2) is 97.2 Å². The predicted molar refractivity (Wildman–Crippen MR) is 352 cm³/mol. The highest BCUT2D eigenvalue weighted by molar-refractivity contribution is 5.70. The molecule has 2 unspecified atom stereocenters. The molecule has 0 radical (unpaired) electrons. The lowest BCUT2D eigenvalue weighted by atomic mass is 10.0. The summed E-state index contributed by atoms with van der Waals surface area (Å²) < 4.78 is 22.8. The maximum absolute atomic E-state index is 12.9. The normalized spacial score (nSPS) is 13.3. The molecule has 0 aliphatic rings. The highest BCUT2D eigenvalue weighted by atomic mass is 16.7. The fraction of sp³-hybridized carbons (Fsp3) is 0.743. The second kappa shape index (κ2) is 64.2. The van der Waals surface area contributed by atoms with Crippen molar-refractivity contribution in [2.24, 2.45) is 0 Å². The molecule has 0 aromatic carbocycles. The van der Waals surface area contributed by atoms with Gasteiger partial charge in [0, 0.05) is 12.8 Å². The van der Waals surface area contributed by atoms with Crippen molar-refractivity contribution in [1.29, 1.82) is 0 Å². The van der Waals surface area contributed by atoms with Crippen LogP contribution in [0.4, 0.5) is 0 Å². The summed E-state index contributed by atoms with van der Waals surface area (Å²) in [5, 5.41) is 11.8. The zero-order valence-corrected chi connectivity index (χ0v) is 54.5. The van der Waals surface area contributed by atoms with E-state index in [4.69, 9.17) is 18.9 Å². The minimum absolute atomic E-state index is 0.145. The van der Waals surface area contributed by atoms with Crippen molar-refractivity contribution in [2.75, 3.05) is 47.5 Å². The van der Waals surface area contributed by atoms with E-state index in [1.807, 2.05) is 21.1 Å². The van der Waals surface area contributed by atoms with Gasteiger partial charge in [-0.15, -0.1) is 0 Å². The van der Waals surface area contributed by atoms with Gasteiger partial charge in [-0.05, 0) is 96.3 Å². The highest BCUT2D eigenvalue weighted by Gasteiger charge is 2.22. The number of carboxylic acid groups (broad SMARTS) is 1. The summed E-state index contributed by atoms with van der Waals surface area (Å²) in [5.41, 5.74) is 0. The second-order valence-corrected chi connectivity index (χ2v) is 24.1. The first-order valence-corrected chi connectivity index (χ1v) is 34.4. The van der Waals surface area contributed by atoms with E-state index in [9.17, 15) is 19.5 Å². The van der Waals surface area contributed by atoms with Crippen LogP contribution in [0.2, 0.25) is 0 Å². The van der Waals surface area contributed by atoms with E-state index in [0.717, 1.165) is 83.5 Å². The van der Waals surface area contributed by atoms with E-state index in [2.05, 4.69) is 111 Å². The van der Waals surface area contributed by atoms with E-state index >= 15 is 0 Å². The number of esters is 2. The Morgan fingerprint density at radius 1 is 0.373 bits per heavy atom. The number of nitrogens with zero attached hydrogens (tertiary/aromatic N) is 1. The zero-order chi connectivity index (χ0) is 60.5. The first-order valence-electron chi connectivity index (χ1n) is 34.4. The number of carboxylic acids is 1. The minimum Gasteiger partial charge on any atom is -0.545 e. The summed E-state index contributed by atoms with van der Waals surface area (Å²) in [4.78, 5) is 37.5. The number of aliphatic carboxylic acids is 1. The van der Waals surface area contributed by atoms with Crippen LogP contribution < -0.4 is 5.11 Å². The Kier molecular flexibility index (Phi) is 61.3. The average molecular weight is 1160 g/mol. The van der Waals surface area contributed by atoms with E-state index in [0.29, 0.717) is 17.4 Å². The summed E-state index contributed by atoms with van der Waals surface area (Å²) in [6.45, 7) is 4.65. The van der Waals surface area contributed by atoms with E-state index < -0.39 is 24.3 Å². The molecule has 83 heavy (non-hydrogen) atoms. The molecule has 9 heteroatoms. The summed E-state index contributed by atoms with van der Waals surface area (Å²) in [5.74, 6) is -2.28. The van der Waals surface area contributed by atoms with Crippen LogP contribution in [-0.2, 0) is 33.3 Å². The van der Waals surface area contributed by atoms with E-state index in [1.54, 1.807) is 0 Å². The maximum Gasteiger partial charge on any atom is 0.306 e. The Morgan fingerprint density at radius 2 is 0.687 bits per heavy atom. The first-order chi connectivity index (χ1) is 40.6. The molecule has 9 nitrogen and oxygen atoms in total. The highest BCUT2D eigenvalue weighted by Crippen LogP contribution is 2.17. The monoisotopic (exact) mass is 1160 g/mol. The van der Waals surface area contributed by atoms with Gasteiger partial charge in [0.1, 0.15) is 13.2 Å². The molecule has 2 atom stereocenters. The van der Waals surface area contributed by atoms with Gasteiger partial charge in [-0.2, -0.15) is 0 Å². The average Bonchev–Trinajstić information content (AvgIpc) is 3.46. The van der Waals surface area contributed by atoms with Crippen molar-refractivity contribution in [3.05, 3.63) is 97.2 Å². The molecule has 0 amide bonds. The first kappa shape index (κ1) is 79.2. The van der Waals surface area contributed by atoms with Gasteiger partial charge in [-0.3, -0.25) is 9.59 Å². The Labute approximate surface area is 512 Å². The predicted octanol–water partition coefficient (Wildman–Crippen LogP) is 19.9. The minimum atomic E-state index is -1.63. The largest absolute Gasteiger partial charge is 0.545 e. The summed E-state index contributed by atoms with van der Waals surface area (Å²) in [7, 11) is 5.93. The van der Waals surface area contributed by atoms with E-state index in [-0.39, 0.29) is 38.6 Å². The third kappa shape index (κ3) is 65.6. The lowest BCUT2D eigenvalue weighted by Gasteiger charge is -2.26. The smallest absolute Gasteiger partial charge is 0.306 e. The number of hydrogen-bond acceptors (Lipinski definition) is 8. The van der Waals surface area contributed by atoms with Crippen molar-refractivity contribution in [2.45, 2.75) is 309 Å². The molecular formula is C74H129NO8. The Hall–Kier alpha value is -3.79. The summed E-state index contributed by atoms with van der Waals surface area (Å²) in [6.07, 6.45) is 84.8. The molecule has 0 N–H and O–H groups in total. The van der Waals surface area contributed by atoms with Gasteiger partial charge >= 0.3 is 11.9 Å². The maximum atomic E-state index is 12.9. The van der Waals surface area contributed by atoms with Crippen molar-refractivity contribution >= 4 is 17.9 Å². The van der Waals surface area contributed by atoms with Crippen molar-refractivity contribution in [1.82, 2.24) is 0 Å². The topological polar surface area (TPSA) is 111 Å². The van der Waals surface area contributed by atoms with Crippen LogP contribution in [0.5, 0.6) is 0 Å². The number of ether oxygens (including phenoxy) is 4. The van der Waals surface area contributed by atoms with Crippen LogP contribution in [0.25, 0.3) is 0 Å². The molecule has 0 aromatic rings. The third-order valence-corrected chi connectivity index (χ3v) is 14.8. The lowest BCUT2D eigenvalue weighted by Crippen LogP contribution is -2.44. The van der Waals surface area contributed by atoms with Crippen molar-refractivity contribution in [3.8, 4) is 0 Å².